The number of carboxylic acids is 1. The number of rotatable bonds is 5. The van der Waals surface area contributed by atoms with E-state index in [4.69, 9.17) is 5.11 Å². The molecule has 1 aromatic rings. The van der Waals surface area contributed by atoms with E-state index < -0.39 is 17.5 Å². The van der Waals surface area contributed by atoms with Gasteiger partial charge in [-0.05, 0) is 30.5 Å². The van der Waals surface area contributed by atoms with Crippen LogP contribution in [0.5, 0.6) is 0 Å². The molecule has 1 aliphatic rings. The standard InChI is InChI=1S/C15H19FN2O3/c16-12-5-3-4-11(8-12)10-17-14(21)18-15(9-13(19)20)6-1-2-7-15/h3-5,8H,1-2,6-7,9-10H2,(H,19,20)(H2,17,18,21). The van der Waals surface area contributed by atoms with Gasteiger partial charge in [0.2, 0.25) is 0 Å². The predicted octanol–water partition coefficient (Wildman–Crippen LogP) is 2.41. The van der Waals surface area contributed by atoms with Gasteiger partial charge in [0.05, 0.1) is 12.0 Å². The van der Waals surface area contributed by atoms with Crippen molar-refractivity contribution in [1.82, 2.24) is 10.6 Å². The molecule has 6 heteroatoms. The van der Waals surface area contributed by atoms with Gasteiger partial charge in [-0.3, -0.25) is 4.79 Å². The third kappa shape index (κ3) is 4.44. The van der Waals surface area contributed by atoms with Crippen molar-refractivity contribution in [3.8, 4) is 0 Å². The lowest BCUT2D eigenvalue weighted by atomic mass is 9.93. The maximum absolute atomic E-state index is 13.0. The second-order valence-electron chi connectivity index (χ2n) is 5.50. The van der Waals surface area contributed by atoms with E-state index in [1.54, 1.807) is 12.1 Å². The smallest absolute Gasteiger partial charge is 0.315 e. The lowest BCUT2D eigenvalue weighted by Gasteiger charge is -2.28. The van der Waals surface area contributed by atoms with Crippen molar-refractivity contribution in [1.29, 1.82) is 0 Å². The molecule has 0 aromatic heterocycles. The molecule has 1 aromatic carbocycles. The first-order valence-electron chi connectivity index (χ1n) is 7.01. The Labute approximate surface area is 122 Å². The summed E-state index contributed by atoms with van der Waals surface area (Å²) in [5.74, 6) is -1.27. The predicted molar refractivity (Wildman–Crippen MR) is 75.2 cm³/mol. The van der Waals surface area contributed by atoms with Crippen molar-refractivity contribution in [2.45, 2.75) is 44.2 Å². The number of amides is 2. The Balaban J connectivity index is 1.89. The molecule has 1 aliphatic carbocycles. The van der Waals surface area contributed by atoms with Crippen LogP contribution in [-0.4, -0.2) is 22.6 Å². The fraction of sp³-hybridized carbons (Fsp3) is 0.467. The summed E-state index contributed by atoms with van der Waals surface area (Å²) >= 11 is 0. The maximum atomic E-state index is 13.0. The zero-order valence-electron chi connectivity index (χ0n) is 11.7. The van der Waals surface area contributed by atoms with Gasteiger partial charge < -0.3 is 15.7 Å². The lowest BCUT2D eigenvalue weighted by molar-refractivity contribution is -0.138. The van der Waals surface area contributed by atoms with Crippen molar-refractivity contribution < 1.29 is 19.1 Å². The summed E-state index contributed by atoms with van der Waals surface area (Å²) in [6, 6.07) is 5.56. The zero-order chi connectivity index (χ0) is 15.3. The third-order valence-corrected chi connectivity index (χ3v) is 3.77. The van der Waals surface area contributed by atoms with E-state index in [9.17, 15) is 14.0 Å². The highest BCUT2D eigenvalue weighted by Crippen LogP contribution is 2.32. The third-order valence-electron chi connectivity index (χ3n) is 3.77. The lowest BCUT2D eigenvalue weighted by Crippen LogP contribution is -2.51. The van der Waals surface area contributed by atoms with E-state index in [-0.39, 0.29) is 18.8 Å². The summed E-state index contributed by atoms with van der Waals surface area (Å²) in [6.07, 6.45) is 3.11. The molecule has 0 bridgehead atoms. The number of hydrogen-bond donors (Lipinski definition) is 3. The average Bonchev–Trinajstić information content (AvgIpc) is 2.83. The number of hydrogen-bond acceptors (Lipinski definition) is 2. The van der Waals surface area contributed by atoms with Gasteiger partial charge in [-0.2, -0.15) is 0 Å². The summed E-state index contributed by atoms with van der Waals surface area (Å²) in [5, 5.41) is 14.4. The molecular weight excluding hydrogens is 275 g/mol. The number of carboxylic acid groups (broad SMARTS) is 1. The Kier molecular flexibility index (Phi) is 4.77. The highest BCUT2D eigenvalue weighted by molar-refractivity contribution is 5.76. The number of carbonyl (C=O) groups excluding carboxylic acids is 1. The van der Waals surface area contributed by atoms with Crippen molar-refractivity contribution in [2.24, 2.45) is 0 Å². The van der Waals surface area contributed by atoms with Gasteiger partial charge in [-0.1, -0.05) is 25.0 Å². The Hall–Kier alpha value is -2.11. The SMILES string of the molecule is O=C(O)CC1(NC(=O)NCc2cccc(F)c2)CCCC1. The van der Waals surface area contributed by atoms with Gasteiger partial charge in [0.15, 0.2) is 0 Å². The molecular formula is C15H19FN2O3. The molecule has 0 saturated heterocycles. The summed E-state index contributed by atoms with van der Waals surface area (Å²) in [7, 11) is 0. The van der Waals surface area contributed by atoms with Crippen LogP contribution in [0.4, 0.5) is 9.18 Å². The van der Waals surface area contributed by atoms with E-state index in [0.29, 0.717) is 18.4 Å². The number of carbonyl (C=O) groups is 2. The molecule has 2 rings (SSSR count). The van der Waals surface area contributed by atoms with Gasteiger partial charge in [0.1, 0.15) is 5.82 Å². The number of nitrogens with one attached hydrogen (secondary N) is 2. The molecule has 5 nitrogen and oxygen atoms in total. The zero-order valence-corrected chi connectivity index (χ0v) is 11.7. The molecule has 0 radical (unpaired) electrons. The Morgan fingerprint density at radius 2 is 2.00 bits per heavy atom. The average molecular weight is 294 g/mol. The minimum absolute atomic E-state index is 0.0691. The van der Waals surface area contributed by atoms with Crippen LogP contribution in [0.3, 0.4) is 0 Å². The minimum atomic E-state index is -0.915. The topological polar surface area (TPSA) is 78.4 Å². The van der Waals surface area contributed by atoms with Gasteiger partial charge in [-0.15, -0.1) is 0 Å². The van der Waals surface area contributed by atoms with E-state index in [1.807, 2.05) is 0 Å². The summed E-state index contributed by atoms with van der Waals surface area (Å²) in [5.41, 5.74) is 0.00144. The second kappa shape index (κ2) is 6.56. The quantitative estimate of drug-likeness (QED) is 0.780. The van der Waals surface area contributed by atoms with Crippen LogP contribution in [-0.2, 0) is 11.3 Å². The fourth-order valence-electron chi connectivity index (χ4n) is 2.80. The molecule has 0 heterocycles. The van der Waals surface area contributed by atoms with Crippen LogP contribution in [0.1, 0.15) is 37.7 Å². The van der Waals surface area contributed by atoms with Crippen molar-refractivity contribution >= 4 is 12.0 Å². The van der Waals surface area contributed by atoms with Crippen LogP contribution < -0.4 is 10.6 Å². The van der Waals surface area contributed by atoms with Gasteiger partial charge in [0.25, 0.3) is 0 Å². The first-order chi connectivity index (χ1) is 9.99. The molecule has 0 spiro atoms. The summed E-state index contributed by atoms with van der Waals surface area (Å²) < 4.78 is 13.0. The van der Waals surface area contributed by atoms with Crippen LogP contribution in [0.2, 0.25) is 0 Å². The highest BCUT2D eigenvalue weighted by Gasteiger charge is 2.37. The van der Waals surface area contributed by atoms with E-state index in [0.717, 1.165) is 12.8 Å². The van der Waals surface area contributed by atoms with Crippen LogP contribution in [0, 0.1) is 5.82 Å². The molecule has 3 N–H and O–H groups in total. The second-order valence-corrected chi connectivity index (χ2v) is 5.50. The highest BCUT2D eigenvalue weighted by atomic mass is 19.1. The molecule has 0 aliphatic heterocycles. The number of halogens is 1. The number of benzene rings is 1. The van der Waals surface area contributed by atoms with Gasteiger partial charge in [-0.25, -0.2) is 9.18 Å². The first kappa shape index (κ1) is 15.3. The largest absolute Gasteiger partial charge is 0.481 e. The van der Waals surface area contributed by atoms with Gasteiger partial charge >= 0.3 is 12.0 Å². The Morgan fingerprint density at radius 3 is 2.62 bits per heavy atom. The molecule has 1 fully saturated rings. The number of aliphatic carboxylic acids is 1. The maximum Gasteiger partial charge on any atom is 0.315 e. The number of urea groups is 1. The normalized spacial score (nSPS) is 16.4. The molecule has 0 unspecified atom stereocenters. The van der Waals surface area contributed by atoms with E-state index >= 15 is 0 Å². The van der Waals surface area contributed by atoms with E-state index in [1.165, 1.54) is 12.1 Å². The van der Waals surface area contributed by atoms with E-state index in [2.05, 4.69) is 10.6 Å². The van der Waals surface area contributed by atoms with Crippen LogP contribution in [0.25, 0.3) is 0 Å². The molecule has 1 saturated carbocycles. The Morgan fingerprint density at radius 1 is 1.29 bits per heavy atom. The van der Waals surface area contributed by atoms with Crippen LogP contribution >= 0.6 is 0 Å². The molecule has 114 valence electrons. The minimum Gasteiger partial charge on any atom is -0.481 e. The first-order valence-corrected chi connectivity index (χ1v) is 7.01. The molecule has 2 amide bonds. The summed E-state index contributed by atoms with van der Waals surface area (Å²) in [4.78, 5) is 22.9. The molecule has 21 heavy (non-hydrogen) atoms. The van der Waals surface area contributed by atoms with Gasteiger partial charge in [0, 0.05) is 6.54 Å². The molecule has 0 atom stereocenters. The van der Waals surface area contributed by atoms with Crippen molar-refractivity contribution in [2.75, 3.05) is 0 Å². The Bertz CT molecular complexity index is 527. The monoisotopic (exact) mass is 294 g/mol. The van der Waals surface area contributed by atoms with Crippen LogP contribution in [0.15, 0.2) is 24.3 Å². The van der Waals surface area contributed by atoms with Crippen molar-refractivity contribution in [3.63, 3.8) is 0 Å². The van der Waals surface area contributed by atoms with Crippen molar-refractivity contribution in [3.05, 3.63) is 35.6 Å². The summed E-state index contributed by atoms with van der Waals surface area (Å²) in [6.45, 7) is 0.201. The fourth-order valence-corrected chi connectivity index (χ4v) is 2.80.